The molecule has 110 valence electrons. The maximum atomic E-state index is 12.5. The molecule has 1 fully saturated rings. The Kier molecular flexibility index (Phi) is 4.25. The van der Waals surface area contributed by atoms with Gasteiger partial charge in [-0.15, -0.1) is 0 Å². The normalized spacial score (nSPS) is 16.6. The lowest BCUT2D eigenvalue weighted by Gasteiger charge is -2.11. The Labute approximate surface area is 141 Å². The Morgan fingerprint density at radius 3 is 2.18 bits per heavy atom. The van der Waals surface area contributed by atoms with E-state index in [1.807, 2.05) is 6.07 Å². The third-order valence-electron chi connectivity index (χ3n) is 3.08. The monoisotopic (exact) mass is 349 g/mol. The van der Waals surface area contributed by atoms with Crippen molar-refractivity contribution in [2.45, 2.75) is 0 Å². The molecule has 0 spiro atoms. The number of hydrogen-bond acceptors (Lipinski definition) is 3. The number of carbonyl (C=O) groups is 2. The predicted octanol–water partition coefficient (Wildman–Crippen LogP) is 5.23. The maximum Gasteiger partial charge on any atom is 0.298 e. The minimum Gasteiger partial charge on any atom is -0.268 e. The van der Waals surface area contributed by atoms with E-state index < -0.39 is 0 Å². The number of thioether (sulfide) groups is 1. The molecular weight excluding hydrogens is 341 g/mol. The van der Waals surface area contributed by atoms with Gasteiger partial charge in [-0.3, -0.25) is 9.59 Å². The average Bonchev–Trinajstić information content (AvgIpc) is 2.78. The number of amides is 2. The summed E-state index contributed by atoms with van der Waals surface area (Å²) >= 11 is 13.1. The number of carbonyl (C=O) groups excluding carboxylic acids is 2. The molecule has 0 aliphatic carbocycles. The second kappa shape index (κ2) is 6.16. The fourth-order valence-corrected chi connectivity index (χ4v) is 3.38. The fraction of sp³-hybridized carbons (Fsp3) is 0. The van der Waals surface area contributed by atoms with Gasteiger partial charge in [0.25, 0.3) is 11.1 Å². The molecule has 0 radical (unpaired) electrons. The van der Waals surface area contributed by atoms with E-state index in [0.29, 0.717) is 26.2 Å². The Morgan fingerprint density at radius 1 is 0.909 bits per heavy atom. The van der Waals surface area contributed by atoms with Crippen molar-refractivity contribution in [3.05, 3.63) is 69.0 Å². The summed E-state index contributed by atoms with van der Waals surface area (Å²) in [5.41, 5.74) is 1.07. The lowest BCUT2D eigenvalue weighted by atomic mass is 10.2. The van der Waals surface area contributed by atoms with E-state index in [2.05, 4.69) is 0 Å². The van der Waals surface area contributed by atoms with Crippen LogP contribution < -0.4 is 4.90 Å². The highest BCUT2D eigenvalue weighted by Crippen LogP contribution is 2.37. The van der Waals surface area contributed by atoms with Gasteiger partial charge in [0.1, 0.15) is 0 Å². The second-order valence-electron chi connectivity index (χ2n) is 4.49. The Morgan fingerprint density at radius 2 is 1.55 bits per heavy atom. The van der Waals surface area contributed by atoms with Gasteiger partial charge in [0.15, 0.2) is 0 Å². The first kappa shape index (κ1) is 15.2. The van der Waals surface area contributed by atoms with Gasteiger partial charge < -0.3 is 0 Å². The third-order valence-corrected chi connectivity index (χ3v) is 4.61. The molecule has 6 heteroatoms. The van der Waals surface area contributed by atoms with Crippen LogP contribution in [0.1, 0.15) is 5.56 Å². The van der Waals surface area contributed by atoms with E-state index in [0.717, 1.165) is 16.7 Å². The number of halogens is 2. The molecule has 0 bridgehead atoms. The van der Waals surface area contributed by atoms with Crippen molar-refractivity contribution in [2.24, 2.45) is 0 Å². The molecule has 1 aliphatic rings. The van der Waals surface area contributed by atoms with Crippen LogP contribution in [-0.2, 0) is 4.79 Å². The SMILES string of the molecule is O=C1S/C(=C\c2c(Cl)cccc2Cl)C(=O)N1c1ccccc1. The Bertz CT molecular complexity index is 770. The first-order valence-corrected chi connectivity index (χ1v) is 7.92. The van der Waals surface area contributed by atoms with Crippen LogP contribution in [0.5, 0.6) is 0 Å². The molecule has 0 saturated carbocycles. The summed E-state index contributed by atoms with van der Waals surface area (Å²) in [5, 5.41) is 0.517. The maximum absolute atomic E-state index is 12.5. The highest BCUT2D eigenvalue weighted by molar-refractivity contribution is 8.19. The number of nitrogens with zero attached hydrogens (tertiary/aromatic N) is 1. The van der Waals surface area contributed by atoms with Gasteiger partial charge >= 0.3 is 0 Å². The summed E-state index contributed by atoms with van der Waals surface area (Å²) in [7, 11) is 0. The van der Waals surface area contributed by atoms with E-state index in [9.17, 15) is 9.59 Å². The molecule has 3 nitrogen and oxygen atoms in total. The van der Waals surface area contributed by atoms with Crippen molar-refractivity contribution in [3.8, 4) is 0 Å². The molecule has 2 amide bonds. The van der Waals surface area contributed by atoms with E-state index in [-0.39, 0.29) is 11.1 Å². The van der Waals surface area contributed by atoms with Gasteiger partial charge in [0.2, 0.25) is 0 Å². The van der Waals surface area contributed by atoms with Crippen LogP contribution in [-0.4, -0.2) is 11.1 Å². The van der Waals surface area contributed by atoms with Gasteiger partial charge in [-0.2, -0.15) is 0 Å². The molecule has 1 saturated heterocycles. The smallest absolute Gasteiger partial charge is 0.268 e. The molecular formula is C16H9Cl2NO2S. The standard InChI is InChI=1S/C16H9Cl2NO2S/c17-12-7-4-8-13(18)11(12)9-14-15(20)19(16(21)22-14)10-5-2-1-3-6-10/h1-9H/b14-9-. The van der Waals surface area contributed by atoms with Crippen LogP contribution >= 0.6 is 35.0 Å². The topological polar surface area (TPSA) is 37.4 Å². The number of anilines is 1. The van der Waals surface area contributed by atoms with Crippen molar-refractivity contribution >= 4 is 57.9 Å². The van der Waals surface area contributed by atoms with Crippen molar-refractivity contribution in [1.29, 1.82) is 0 Å². The van der Waals surface area contributed by atoms with Crippen molar-refractivity contribution < 1.29 is 9.59 Å². The van der Waals surface area contributed by atoms with Crippen molar-refractivity contribution in [2.75, 3.05) is 4.90 Å². The Balaban J connectivity index is 2.00. The molecule has 2 aromatic rings. The quantitative estimate of drug-likeness (QED) is 0.696. The molecule has 2 aromatic carbocycles. The summed E-state index contributed by atoms with van der Waals surface area (Å²) in [6.07, 6.45) is 1.55. The summed E-state index contributed by atoms with van der Waals surface area (Å²) < 4.78 is 0. The molecule has 0 atom stereocenters. The van der Waals surface area contributed by atoms with Crippen LogP contribution in [0.2, 0.25) is 10.0 Å². The Hall–Kier alpha value is -1.75. The van der Waals surface area contributed by atoms with E-state index in [1.165, 1.54) is 0 Å². The highest BCUT2D eigenvalue weighted by Gasteiger charge is 2.36. The van der Waals surface area contributed by atoms with Crippen LogP contribution in [0, 0.1) is 0 Å². The van der Waals surface area contributed by atoms with Gasteiger partial charge in [-0.25, -0.2) is 4.90 Å². The van der Waals surface area contributed by atoms with Gasteiger partial charge in [0, 0.05) is 15.6 Å². The van der Waals surface area contributed by atoms with Crippen molar-refractivity contribution in [1.82, 2.24) is 0 Å². The number of imide groups is 1. The van der Waals surface area contributed by atoms with E-state index >= 15 is 0 Å². The molecule has 22 heavy (non-hydrogen) atoms. The molecule has 0 aromatic heterocycles. The van der Waals surface area contributed by atoms with Crippen LogP contribution in [0.25, 0.3) is 6.08 Å². The lowest BCUT2D eigenvalue weighted by Crippen LogP contribution is -2.27. The highest BCUT2D eigenvalue weighted by atomic mass is 35.5. The van der Waals surface area contributed by atoms with Crippen LogP contribution in [0.4, 0.5) is 10.5 Å². The summed E-state index contributed by atoms with van der Waals surface area (Å²) in [4.78, 5) is 26.0. The largest absolute Gasteiger partial charge is 0.298 e. The molecule has 1 heterocycles. The zero-order valence-electron chi connectivity index (χ0n) is 11.1. The first-order valence-electron chi connectivity index (χ1n) is 6.35. The minimum atomic E-state index is -0.378. The van der Waals surface area contributed by atoms with E-state index in [1.54, 1.807) is 48.5 Å². The molecule has 0 unspecified atom stereocenters. The minimum absolute atomic E-state index is 0.295. The van der Waals surface area contributed by atoms with E-state index in [4.69, 9.17) is 23.2 Å². The van der Waals surface area contributed by atoms with Crippen molar-refractivity contribution in [3.63, 3.8) is 0 Å². The summed E-state index contributed by atoms with van der Waals surface area (Å²) in [6, 6.07) is 13.9. The number of para-hydroxylation sites is 1. The molecule has 3 rings (SSSR count). The average molecular weight is 350 g/mol. The second-order valence-corrected chi connectivity index (χ2v) is 6.30. The zero-order chi connectivity index (χ0) is 15.7. The summed E-state index contributed by atoms with van der Waals surface area (Å²) in [6.45, 7) is 0. The number of rotatable bonds is 2. The summed E-state index contributed by atoms with van der Waals surface area (Å²) in [5.74, 6) is -0.378. The number of benzene rings is 2. The lowest BCUT2D eigenvalue weighted by molar-refractivity contribution is -0.113. The van der Waals surface area contributed by atoms with Crippen LogP contribution in [0.3, 0.4) is 0 Å². The first-order chi connectivity index (χ1) is 10.6. The molecule has 0 N–H and O–H groups in total. The molecule has 1 aliphatic heterocycles. The van der Waals surface area contributed by atoms with Crippen LogP contribution in [0.15, 0.2) is 53.4 Å². The van der Waals surface area contributed by atoms with Gasteiger partial charge in [0.05, 0.1) is 10.6 Å². The van der Waals surface area contributed by atoms with Gasteiger partial charge in [-0.05, 0) is 42.1 Å². The number of hydrogen-bond donors (Lipinski definition) is 0. The predicted molar refractivity (Wildman–Crippen MR) is 91.4 cm³/mol. The van der Waals surface area contributed by atoms with Gasteiger partial charge in [-0.1, -0.05) is 47.5 Å². The zero-order valence-corrected chi connectivity index (χ0v) is 13.5. The third kappa shape index (κ3) is 2.77. The fourth-order valence-electron chi connectivity index (χ4n) is 2.05.